The largest absolute Gasteiger partial charge is 0.460 e. The first-order chi connectivity index (χ1) is 28.8. The van der Waals surface area contributed by atoms with Crippen LogP contribution in [0.2, 0.25) is 0 Å². The summed E-state index contributed by atoms with van der Waals surface area (Å²) in [6.07, 6.45) is -16.1. The number of rotatable bonds is 14. The third kappa shape index (κ3) is 7.01. The van der Waals surface area contributed by atoms with Crippen LogP contribution in [0.4, 0.5) is 143 Å². The molecule has 2 amide bonds. The van der Waals surface area contributed by atoms with E-state index in [1.165, 1.54) is 0 Å². The molecule has 0 aliphatic heterocycles. The van der Waals surface area contributed by atoms with Crippen molar-refractivity contribution in [2.24, 2.45) is 0 Å². The summed E-state index contributed by atoms with van der Waals surface area (Å²) in [5, 5.41) is 0.424. The maximum Gasteiger partial charge on any atom is 0.460 e. The molecule has 0 radical (unpaired) electrons. The van der Waals surface area contributed by atoms with Gasteiger partial charge in [-0.1, -0.05) is 24.3 Å². The van der Waals surface area contributed by atoms with E-state index >= 15 is 0 Å². The summed E-state index contributed by atoms with van der Waals surface area (Å²) in [5.74, 6) is -116. The zero-order valence-electron chi connectivity index (χ0n) is 29.4. The van der Waals surface area contributed by atoms with Gasteiger partial charge < -0.3 is 10.6 Å². The normalized spacial score (nSPS) is 15.9. The average molecular weight is 1030 g/mol. The van der Waals surface area contributed by atoms with Gasteiger partial charge in [0.25, 0.3) is 0 Å². The third-order valence-electron chi connectivity index (χ3n) is 8.80. The molecule has 0 spiro atoms. The lowest BCUT2D eigenvalue weighted by Crippen LogP contribution is -2.73. The minimum atomic E-state index is -8.97. The number of halogens is 30. The molecule has 3 rings (SSSR count). The monoisotopic (exact) mass is 1030 g/mol. The zero-order valence-corrected chi connectivity index (χ0v) is 29.4. The molecule has 0 saturated heterocycles. The highest BCUT2D eigenvalue weighted by atomic mass is 19.4. The number of carbonyl (C=O) groups excluding carboxylic acids is 4. The number of alkyl halides is 30. The summed E-state index contributed by atoms with van der Waals surface area (Å²) in [7, 11) is 0. The van der Waals surface area contributed by atoms with Gasteiger partial charge >= 0.3 is 95.2 Å². The van der Waals surface area contributed by atoms with Gasteiger partial charge in [-0.05, 0) is 12.1 Å². The average Bonchev–Trinajstić information content (AvgIpc) is 3.15. The zero-order chi connectivity index (χ0) is 52.4. The Labute approximate surface area is 339 Å². The number of nitrogens with one attached hydrogen (secondary N) is 2. The van der Waals surface area contributed by atoms with Gasteiger partial charge in [-0.15, -0.1) is 0 Å². The number of carbonyl (C=O) groups is 4. The first-order valence-electron chi connectivity index (χ1n) is 15.5. The standard InChI is InChI=1S/C30H8F30N2O4/c31-17(32,19(35,36)21(39,40)23(43,44)25(47,48)27(51,52)29(55,56)57)15(65)61-9-5-6-10(12-11(9)13(63)7-3-1-2-4-8(7)14(12)64)62-16(66)18(33,34)20(37,38)22(41,42)24(45,46)26(49,50)28(53,54)30(58,59)60/h1-6H,(H,61,65)(H,62,66). The molecule has 2 aromatic carbocycles. The number of fused-ring (bicyclic) bond motifs is 2. The molecule has 0 aromatic heterocycles. The van der Waals surface area contributed by atoms with Gasteiger partial charge in [-0.2, -0.15) is 132 Å². The van der Waals surface area contributed by atoms with Crippen LogP contribution in [0.25, 0.3) is 0 Å². The molecule has 0 saturated carbocycles. The van der Waals surface area contributed by atoms with Crippen LogP contribution < -0.4 is 10.6 Å². The van der Waals surface area contributed by atoms with Crippen molar-refractivity contribution in [2.75, 3.05) is 10.6 Å². The summed E-state index contributed by atoms with van der Waals surface area (Å²) >= 11 is 0. The molecule has 2 aromatic rings. The van der Waals surface area contributed by atoms with Crippen molar-refractivity contribution in [1.82, 2.24) is 0 Å². The van der Waals surface area contributed by atoms with E-state index in [0.29, 0.717) is 24.3 Å². The molecule has 0 fully saturated rings. The van der Waals surface area contributed by atoms with Gasteiger partial charge in [-0.25, -0.2) is 0 Å². The maximum absolute atomic E-state index is 14.7. The number of anilines is 2. The molecule has 36 heteroatoms. The van der Waals surface area contributed by atoms with Gasteiger partial charge in [0.05, 0.1) is 22.5 Å². The molecule has 0 bridgehead atoms. The van der Waals surface area contributed by atoms with Crippen LogP contribution in [0, 0.1) is 0 Å². The predicted octanol–water partition coefficient (Wildman–Crippen LogP) is 11.1. The van der Waals surface area contributed by atoms with Crippen LogP contribution >= 0.6 is 0 Å². The summed E-state index contributed by atoms with van der Waals surface area (Å²) in [6, 6.07) is 1.16. The number of hydrogen-bond acceptors (Lipinski definition) is 4. The third-order valence-corrected chi connectivity index (χ3v) is 8.80. The molecule has 0 unspecified atom stereocenters. The van der Waals surface area contributed by atoms with E-state index in [4.69, 9.17) is 0 Å². The second-order valence-electron chi connectivity index (χ2n) is 12.9. The summed E-state index contributed by atoms with van der Waals surface area (Å²) in [6.45, 7) is 0. The highest BCUT2D eigenvalue weighted by molar-refractivity contribution is 6.32. The van der Waals surface area contributed by atoms with E-state index in [1.807, 2.05) is 0 Å². The Morgan fingerprint density at radius 2 is 0.530 bits per heavy atom. The van der Waals surface area contributed by atoms with Gasteiger partial charge in [0.15, 0.2) is 11.6 Å². The van der Waals surface area contributed by atoms with E-state index in [2.05, 4.69) is 0 Å². The number of benzene rings is 2. The van der Waals surface area contributed by atoms with Crippen molar-refractivity contribution >= 4 is 34.8 Å². The Balaban J connectivity index is 2.22. The van der Waals surface area contributed by atoms with Crippen LogP contribution in [0.1, 0.15) is 31.8 Å². The number of ketones is 2. The van der Waals surface area contributed by atoms with Gasteiger partial charge in [0.1, 0.15) is 0 Å². The van der Waals surface area contributed by atoms with Gasteiger partial charge in [-0.3, -0.25) is 19.2 Å². The molecular weight excluding hydrogens is 1020 g/mol. The van der Waals surface area contributed by atoms with Crippen molar-refractivity contribution in [3.8, 4) is 0 Å². The molecule has 6 nitrogen and oxygen atoms in total. The van der Waals surface area contributed by atoms with E-state index in [9.17, 15) is 151 Å². The SMILES string of the molecule is O=C1c2ccccc2C(=O)c2c(NC(=O)C(F)(F)C(F)(F)C(F)(F)C(F)(F)C(F)(F)C(F)(F)C(F)(F)F)ccc(NC(=O)C(F)(F)C(F)(F)C(F)(F)C(F)(F)C(F)(F)C(F)(F)C(F)(F)F)c21. The van der Waals surface area contributed by atoms with E-state index in [0.717, 1.165) is 0 Å². The fraction of sp³-hybridized carbons (Fsp3) is 0.467. The van der Waals surface area contributed by atoms with Crippen molar-refractivity contribution in [3.63, 3.8) is 0 Å². The van der Waals surface area contributed by atoms with Gasteiger partial charge in [0.2, 0.25) is 0 Å². The van der Waals surface area contributed by atoms with Crippen LogP contribution in [-0.4, -0.2) is 107 Å². The number of amides is 2. The van der Waals surface area contributed by atoms with Crippen molar-refractivity contribution in [3.05, 3.63) is 58.7 Å². The predicted molar refractivity (Wildman–Crippen MR) is 148 cm³/mol. The topological polar surface area (TPSA) is 92.3 Å². The number of hydrogen-bond donors (Lipinski definition) is 2. The lowest BCUT2D eigenvalue weighted by Gasteiger charge is -2.41. The summed E-state index contributed by atoms with van der Waals surface area (Å²) in [5.41, 5.74) is -11.1. The minimum Gasteiger partial charge on any atom is -0.320 e. The Bertz CT molecular complexity index is 2150. The first-order valence-corrected chi connectivity index (χ1v) is 15.5. The van der Waals surface area contributed by atoms with Crippen molar-refractivity contribution in [1.29, 1.82) is 0 Å². The molecule has 372 valence electrons. The van der Waals surface area contributed by atoms with Crippen LogP contribution in [0.15, 0.2) is 36.4 Å². The molecular formula is C30H8F30N2O4. The van der Waals surface area contributed by atoms with Gasteiger partial charge in [0, 0.05) is 11.1 Å². The van der Waals surface area contributed by atoms with Crippen molar-refractivity contribution < 1.29 is 151 Å². The fourth-order valence-electron chi connectivity index (χ4n) is 5.05. The first kappa shape index (κ1) is 55.0. The van der Waals surface area contributed by atoms with Crippen molar-refractivity contribution in [2.45, 2.75) is 83.4 Å². The van der Waals surface area contributed by atoms with Crippen LogP contribution in [0.5, 0.6) is 0 Å². The maximum atomic E-state index is 14.7. The Kier molecular flexibility index (Phi) is 12.5. The van der Waals surface area contributed by atoms with E-state index in [1.54, 1.807) is 0 Å². The Morgan fingerprint density at radius 1 is 0.318 bits per heavy atom. The highest BCUT2D eigenvalue weighted by Gasteiger charge is 2.95. The Hall–Kier alpha value is -5.38. The molecule has 2 N–H and O–H groups in total. The van der Waals surface area contributed by atoms with E-state index in [-0.39, 0.29) is 10.6 Å². The van der Waals surface area contributed by atoms with Crippen LogP contribution in [-0.2, 0) is 9.59 Å². The molecule has 1 aliphatic carbocycles. The fourth-order valence-corrected chi connectivity index (χ4v) is 5.05. The second kappa shape index (κ2) is 15.1. The van der Waals surface area contributed by atoms with Crippen LogP contribution in [0.3, 0.4) is 0 Å². The molecule has 0 atom stereocenters. The summed E-state index contributed by atoms with van der Waals surface area (Å²) < 4.78 is 410. The second-order valence-corrected chi connectivity index (χ2v) is 12.9. The minimum absolute atomic E-state index is 0.212. The van der Waals surface area contributed by atoms with E-state index < -0.39 is 153 Å². The molecule has 0 heterocycles. The summed E-state index contributed by atoms with van der Waals surface area (Å²) in [4.78, 5) is 51.1. The quantitative estimate of drug-likeness (QED) is 0.157. The lowest BCUT2D eigenvalue weighted by atomic mass is 9.82. The Morgan fingerprint density at radius 3 is 0.758 bits per heavy atom. The smallest absolute Gasteiger partial charge is 0.320 e. The molecule has 66 heavy (non-hydrogen) atoms. The lowest BCUT2D eigenvalue weighted by molar-refractivity contribution is -0.449. The highest BCUT2D eigenvalue weighted by Crippen LogP contribution is 2.64. The molecule has 1 aliphatic rings.